The Kier molecular flexibility index (Phi) is 3.86. The van der Waals surface area contributed by atoms with Crippen molar-refractivity contribution in [2.24, 2.45) is 0 Å². The number of carbonyl (C=O) groups excluding carboxylic acids is 1. The van der Waals surface area contributed by atoms with Crippen LogP contribution in [-0.2, 0) is 11.3 Å². The number of nitrogens with zero attached hydrogens (tertiary/aromatic N) is 1. The molecule has 3 aliphatic rings. The molecule has 0 unspecified atom stereocenters. The van der Waals surface area contributed by atoms with Gasteiger partial charge in [-0.25, -0.2) is 4.79 Å². The van der Waals surface area contributed by atoms with Crippen molar-refractivity contribution in [1.29, 1.82) is 0 Å². The summed E-state index contributed by atoms with van der Waals surface area (Å²) in [4.78, 5) is 16.9. The molecule has 1 amide bonds. The van der Waals surface area contributed by atoms with E-state index in [0.717, 1.165) is 38.4 Å². The van der Waals surface area contributed by atoms with E-state index in [0.29, 0.717) is 6.54 Å². The number of alkyl carbamates (subject to hydrolysis) is 1. The Labute approximate surface area is 135 Å². The summed E-state index contributed by atoms with van der Waals surface area (Å²) in [5.74, 6) is 0.812. The van der Waals surface area contributed by atoms with Crippen LogP contribution in [-0.4, -0.2) is 36.2 Å². The highest BCUT2D eigenvalue weighted by atomic mass is 32.1. The molecule has 0 bridgehead atoms. The van der Waals surface area contributed by atoms with Crippen LogP contribution in [0.3, 0.4) is 0 Å². The van der Waals surface area contributed by atoms with Crippen molar-refractivity contribution in [3.8, 4) is 0 Å². The molecule has 2 saturated heterocycles. The van der Waals surface area contributed by atoms with E-state index in [-0.39, 0.29) is 11.7 Å². The molecule has 0 radical (unpaired) electrons. The minimum Gasteiger partial charge on any atom is -0.440 e. The Morgan fingerprint density at radius 1 is 1.32 bits per heavy atom. The lowest BCUT2D eigenvalue weighted by Crippen LogP contribution is -2.49. The van der Waals surface area contributed by atoms with Gasteiger partial charge in [0.2, 0.25) is 0 Å². The largest absolute Gasteiger partial charge is 0.440 e. The minimum absolute atomic E-state index is 0.249. The third-order valence-corrected chi connectivity index (χ3v) is 6.53. The number of amides is 1. The Balaban J connectivity index is 1.39. The quantitative estimate of drug-likeness (QED) is 0.927. The van der Waals surface area contributed by atoms with E-state index in [9.17, 15) is 4.79 Å². The van der Waals surface area contributed by atoms with Gasteiger partial charge in [0.05, 0.1) is 6.54 Å². The maximum Gasteiger partial charge on any atom is 0.407 e. The van der Waals surface area contributed by atoms with Crippen LogP contribution in [0, 0.1) is 0 Å². The lowest BCUT2D eigenvalue weighted by atomic mass is 9.93. The fraction of sp³-hybridized carbons (Fsp3) is 0.706. The molecule has 2 aliphatic heterocycles. The smallest absolute Gasteiger partial charge is 0.407 e. The van der Waals surface area contributed by atoms with E-state index in [4.69, 9.17) is 4.74 Å². The molecule has 0 aromatic carbocycles. The summed E-state index contributed by atoms with van der Waals surface area (Å²) in [6.45, 7) is 3.63. The predicted molar refractivity (Wildman–Crippen MR) is 87.3 cm³/mol. The molecule has 22 heavy (non-hydrogen) atoms. The second-order valence-electron chi connectivity index (χ2n) is 7.03. The van der Waals surface area contributed by atoms with E-state index < -0.39 is 0 Å². The van der Waals surface area contributed by atoms with Gasteiger partial charge >= 0.3 is 6.09 Å². The zero-order valence-electron chi connectivity index (χ0n) is 13.0. The van der Waals surface area contributed by atoms with Gasteiger partial charge in [0.15, 0.2) is 0 Å². The van der Waals surface area contributed by atoms with Crippen molar-refractivity contribution in [1.82, 2.24) is 10.2 Å². The molecule has 1 saturated carbocycles. The van der Waals surface area contributed by atoms with Crippen LogP contribution in [0.2, 0.25) is 0 Å². The van der Waals surface area contributed by atoms with Crippen molar-refractivity contribution in [3.05, 3.63) is 21.9 Å². The molecule has 1 aromatic heterocycles. The van der Waals surface area contributed by atoms with E-state index in [1.165, 1.54) is 30.6 Å². The highest BCUT2D eigenvalue weighted by Crippen LogP contribution is 2.38. The normalized spacial score (nSPS) is 29.9. The zero-order valence-corrected chi connectivity index (χ0v) is 13.8. The van der Waals surface area contributed by atoms with Crippen molar-refractivity contribution in [3.63, 3.8) is 0 Å². The van der Waals surface area contributed by atoms with Crippen molar-refractivity contribution in [2.45, 2.75) is 56.6 Å². The number of thiophene rings is 1. The Morgan fingerprint density at radius 2 is 2.18 bits per heavy atom. The molecular weight excluding hydrogens is 296 g/mol. The van der Waals surface area contributed by atoms with Gasteiger partial charge in [0.25, 0.3) is 0 Å². The van der Waals surface area contributed by atoms with Crippen LogP contribution in [0.15, 0.2) is 12.1 Å². The number of carbonyl (C=O) groups is 1. The Morgan fingerprint density at radius 3 is 2.95 bits per heavy atom. The summed E-state index contributed by atoms with van der Waals surface area (Å²) in [7, 11) is 0. The molecule has 120 valence electrons. The van der Waals surface area contributed by atoms with Gasteiger partial charge in [-0.1, -0.05) is 12.8 Å². The molecule has 3 heterocycles. The van der Waals surface area contributed by atoms with Gasteiger partial charge in [-0.15, -0.1) is 11.3 Å². The number of nitrogens with one attached hydrogen (secondary N) is 1. The molecule has 1 aromatic rings. The fourth-order valence-corrected chi connectivity index (χ4v) is 5.41. The van der Waals surface area contributed by atoms with Gasteiger partial charge in [-0.3, -0.25) is 4.90 Å². The second kappa shape index (κ2) is 5.85. The summed E-state index contributed by atoms with van der Waals surface area (Å²) < 4.78 is 5.56. The van der Waals surface area contributed by atoms with Crippen molar-refractivity contribution < 1.29 is 9.53 Å². The van der Waals surface area contributed by atoms with Crippen LogP contribution in [0.4, 0.5) is 4.79 Å². The topological polar surface area (TPSA) is 41.6 Å². The zero-order chi connectivity index (χ0) is 15.0. The van der Waals surface area contributed by atoms with E-state index in [1.54, 1.807) is 4.88 Å². The second-order valence-corrected chi connectivity index (χ2v) is 8.23. The molecule has 5 heteroatoms. The first-order valence-corrected chi connectivity index (χ1v) is 9.32. The average Bonchev–Trinajstić information content (AvgIpc) is 3.21. The van der Waals surface area contributed by atoms with Gasteiger partial charge in [-0.2, -0.15) is 0 Å². The third-order valence-electron chi connectivity index (χ3n) is 5.30. The maximum atomic E-state index is 11.4. The standard InChI is InChI=1S/C17H24N2O2S/c20-16-18-11-17(21-16)8-3-9-19(12-17)10-14-6-7-15(22-14)13-4-1-2-5-13/h6-7,13H,1-5,8-12H2,(H,18,20)/t17-/m1/s1. The molecule has 3 fully saturated rings. The minimum atomic E-state index is -0.277. The molecule has 1 N–H and O–H groups in total. The predicted octanol–water partition coefficient (Wildman–Crippen LogP) is 3.48. The van der Waals surface area contributed by atoms with E-state index in [2.05, 4.69) is 22.3 Å². The van der Waals surface area contributed by atoms with E-state index >= 15 is 0 Å². The summed E-state index contributed by atoms with van der Waals surface area (Å²) in [6, 6.07) is 4.64. The Bertz CT molecular complexity index is 553. The summed E-state index contributed by atoms with van der Waals surface area (Å²) in [5.41, 5.74) is -0.277. The highest BCUT2D eigenvalue weighted by Gasteiger charge is 2.43. The van der Waals surface area contributed by atoms with Crippen molar-refractivity contribution in [2.75, 3.05) is 19.6 Å². The fourth-order valence-electron chi connectivity index (χ4n) is 4.18. The van der Waals surface area contributed by atoms with Crippen LogP contribution < -0.4 is 5.32 Å². The molecule has 4 rings (SSSR count). The summed E-state index contributed by atoms with van der Waals surface area (Å²) in [6.07, 6.45) is 7.37. The number of ether oxygens (including phenoxy) is 1. The third kappa shape index (κ3) is 2.88. The maximum absolute atomic E-state index is 11.4. The van der Waals surface area contributed by atoms with Crippen LogP contribution in [0.1, 0.15) is 54.2 Å². The van der Waals surface area contributed by atoms with E-state index in [1.807, 2.05) is 11.3 Å². The SMILES string of the molecule is O=C1NC[C@@]2(CCCN(Cc3ccc(C4CCCC4)s3)C2)O1. The van der Waals surface area contributed by atoms with Gasteiger partial charge < -0.3 is 10.1 Å². The average molecular weight is 320 g/mol. The first-order valence-electron chi connectivity index (χ1n) is 8.50. The molecule has 1 aliphatic carbocycles. The van der Waals surface area contributed by atoms with Gasteiger partial charge in [-0.05, 0) is 50.3 Å². The van der Waals surface area contributed by atoms with Gasteiger partial charge in [0.1, 0.15) is 5.60 Å². The Hall–Kier alpha value is -1.07. The summed E-state index contributed by atoms with van der Waals surface area (Å²) in [5, 5.41) is 2.82. The number of likely N-dealkylation sites (tertiary alicyclic amines) is 1. The molecule has 1 spiro atoms. The van der Waals surface area contributed by atoms with Crippen molar-refractivity contribution >= 4 is 17.4 Å². The molecule has 4 nitrogen and oxygen atoms in total. The van der Waals surface area contributed by atoms with Gasteiger partial charge in [0, 0.05) is 22.8 Å². The first kappa shape index (κ1) is 14.5. The first-order chi connectivity index (χ1) is 10.7. The lowest BCUT2D eigenvalue weighted by molar-refractivity contribution is -0.0108. The highest BCUT2D eigenvalue weighted by molar-refractivity contribution is 7.12. The van der Waals surface area contributed by atoms with Crippen LogP contribution in [0.25, 0.3) is 0 Å². The van der Waals surface area contributed by atoms with Crippen LogP contribution >= 0.6 is 11.3 Å². The number of hydrogen-bond acceptors (Lipinski definition) is 4. The number of piperidine rings is 1. The monoisotopic (exact) mass is 320 g/mol. The number of rotatable bonds is 3. The lowest BCUT2D eigenvalue weighted by Gasteiger charge is -2.37. The molecular formula is C17H24N2O2S. The molecule has 1 atom stereocenters. The number of hydrogen-bond donors (Lipinski definition) is 1. The van der Waals surface area contributed by atoms with Crippen LogP contribution in [0.5, 0.6) is 0 Å². The summed E-state index contributed by atoms with van der Waals surface area (Å²) >= 11 is 1.99.